The smallest absolute Gasteiger partial charge is 0.355 e. The predicted molar refractivity (Wildman–Crippen MR) is 76.8 cm³/mol. The molecule has 0 saturated heterocycles. The van der Waals surface area contributed by atoms with E-state index in [0.29, 0.717) is 0 Å². The molecule has 1 atom stereocenters. The molecule has 1 heterocycles. The van der Waals surface area contributed by atoms with Crippen molar-refractivity contribution in [2.45, 2.75) is 52.2 Å². The molecule has 122 valence electrons. The van der Waals surface area contributed by atoms with Crippen LogP contribution in [0, 0.1) is 0 Å². The molecule has 1 aliphatic heterocycles. The van der Waals surface area contributed by atoms with Gasteiger partial charge in [-0.3, -0.25) is 14.9 Å². The van der Waals surface area contributed by atoms with Crippen LogP contribution in [0.4, 0.5) is 4.79 Å². The quantitative estimate of drug-likeness (QED) is 0.623. The monoisotopic (exact) mass is 312 g/mol. The highest BCUT2D eigenvalue weighted by Gasteiger charge is 2.25. The van der Waals surface area contributed by atoms with Crippen LogP contribution in [-0.2, 0) is 19.1 Å². The number of amides is 4. The summed E-state index contributed by atoms with van der Waals surface area (Å²) >= 11 is 0. The summed E-state index contributed by atoms with van der Waals surface area (Å²) in [6, 6.07) is -0.678. The molecule has 0 spiro atoms. The third-order valence-electron chi connectivity index (χ3n) is 2.52. The number of rotatable bonds is 3. The first-order valence-electron chi connectivity index (χ1n) is 6.78. The second kappa shape index (κ2) is 7.01. The molecule has 0 aromatic rings. The normalized spacial score (nSPS) is 16.0. The molecule has 0 bridgehead atoms. The van der Waals surface area contributed by atoms with Crippen LogP contribution < -0.4 is 16.1 Å². The van der Waals surface area contributed by atoms with Crippen molar-refractivity contribution in [1.29, 1.82) is 0 Å². The van der Waals surface area contributed by atoms with Crippen molar-refractivity contribution >= 4 is 29.5 Å². The van der Waals surface area contributed by atoms with E-state index in [9.17, 15) is 19.2 Å². The van der Waals surface area contributed by atoms with E-state index in [-0.39, 0.29) is 24.5 Å². The zero-order valence-electron chi connectivity index (χ0n) is 13.0. The van der Waals surface area contributed by atoms with E-state index in [4.69, 9.17) is 4.74 Å². The van der Waals surface area contributed by atoms with Gasteiger partial charge in [0.15, 0.2) is 6.10 Å². The van der Waals surface area contributed by atoms with E-state index >= 15 is 0 Å². The number of esters is 1. The minimum Gasteiger partial charge on any atom is -0.448 e. The average Bonchev–Trinajstić information content (AvgIpc) is 2.36. The number of carbonyl (C=O) groups is 4. The Morgan fingerprint density at radius 3 is 2.41 bits per heavy atom. The van der Waals surface area contributed by atoms with E-state index in [1.165, 1.54) is 6.92 Å². The van der Waals surface area contributed by atoms with Crippen molar-refractivity contribution in [1.82, 2.24) is 16.1 Å². The number of nitrogens with zero attached hydrogens (tertiary/aromatic N) is 1. The second-order valence-electron chi connectivity index (χ2n) is 5.83. The first-order valence-corrected chi connectivity index (χ1v) is 6.78. The summed E-state index contributed by atoms with van der Waals surface area (Å²) in [6.45, 7) is 6.61. The van der Waals surface area contributed by atoms with E-state index in [2.05, 4.69) is 21.2 Å². The fourth-order valence-corrected chi connectivity index (χ4v) is 1.49. The number of urea groups is 1. The molecule has 0 unspecified atom stereocenters. The molecule has 9 nitrogen and oxygen atoms in total. The number of hydrazone groups is 1. The van der Waals surface area contributed by atoms with Gasteiger partial charge in [-0.2, -0.15) is 5.10 Å². The molecular formula is C13H20N4O5. The zero-order chi connectivity index (χ0) is 16.9. The fraction of sp³-hybridized carbons (Fsp3) is 0.615. The maximum absolute atomic E-state index is 11.8. The van der Waals surface area contributed by atoms with Gasteiger partial charge in [0, 0.05) is 18.4 Å². The number of hydrogen-bond donors (Lipinski definition) is 3. The lowest BCUT2D eigenvalue weighted by Crippen LogP contribution is -2.50. The van der Waals surface area contributed by atoms with Crippen molar-refractivity contribution < 1.29 is 23.9 Å². The summed E-state index contributed by atoms with van der Waals surface area (Å²) in [5.74, 6) is -1.85. The molecule has 0 fully saturated rings. The van der Waals surface area contributed by atoms with Gasteiger partial charge in [0.25, 0.3) is 5.91 Å². The molecule has 0 aromatic heterocycles. The standard InChI is InChI=1S/C13H20N4O5/c1-7(10(19)14-12(21)15-13(2,3)4)22-11(20)8-5-6-9(18)17-16-8/h7H,5-6H2,1-4H3,(H,17,18)(H2,14,15,19,21)/t7-/m0/s1. The molecule has 22 heavy (non-hydrogen) atoms. The van der Waals surface area contributed by atoms with E-state index in [1.807, 2.05) is 0 Å². The van der Waals surface area contributed by atoms with Crippen LogP contribution in [0.15, 0.2) is 5.10 Å². The van der Waals surface area contributed by atoms with Crippen molar-refractivity contribution in [2.75, 3.05) is 0 Å². The molecule has 4 amide bonds. The lowest BCUT2D eigenvalue weighted by atomic mass is 10.1. The average molecular weight is 312 g/mol. The lowest BCUT2D eigenvalue weighted by molar-refractivity contribution is -0.148. The maximum Gasteiger partial charge on any atom is 0.355 e. The Morgan fingerprint density at radius 2 is 1.91 bits per heavy atom. The van der Waals surface area contributed by atoms with Gasteiger partial charge in [0.2, 0.25) is 5.91 Å². The van der Waals surface area contributed by atoms with E-state index in [0.717, 1.165) is 0 Å². The van der Waals surface area contributed by atoms with Gasteiger partial charge in [-0.25, -0.2) is 15.0 Å². The summed E-state index contributed by atoms with van der Waals surface area (Å²) in [7, 11) is 0. The van der Waals surface area contributed by atoms with Crippen LogP contribution in [0.1, 0.15) is 40.5 Å². The highest BCUT2D eigenvalue weighted by atomic mass is 16.5. The molecule has 0 saturated carbocycles. The number of carbonyl (C=O) groups excluding carboxylic acids is 4. The SMILES string of the molecule is C[C@H](OC(=O)C1=NNC(=O)CC1)C(=O)NC(=O)NC(C)(C)C. The highest BCUT2D eigenvalue weighted by Crippen LogP contribution is 2.04. The molecule has 0 radical (unpaired) electrons. The van der Waals surface area contributed by atoms with Gasteiger partial charge < -0.3 is 10.1 Å². The first-order chi connectivity index (χ1) is 10.1. The van der Waals surface area contributed by atoms with Crippen molar-refractivity contribution in [3.05, 3.63) is 0 Å². The fourth-order valence-electron chi connectivity index (χ4n) is 1.49. The van der Waals surface area contributed by atoms with Gasteiger partial charge in [-0.05, 0) is 27.7 Å². The third-order valence-corrected chi connectivity index (χ3v) is 2.52. The molecule has 0 aromatic carbocycles. The minimum atomic E-state index is -1.17. The van der Waals surface area contributed by atoms with Crippen LogP contribution in [0.3, 0.4) is 0 Å². The first kappa shape index (κ1) is 17.6. The maximum atomic E-state index is 11.8. The lowest BCUT2D eigenvalue weighted by Gasteiger charge is -2.21. The summed E-state index contributed by atoms with van der Waals surface area (Å²) in [6.07, 6.45) is -0.898. The summed E-state index contributed by atoms with van der Waals surface area (Å²) < 4.78 is 4.90. The van der Waals surface area contributed by atoms with Crippen molar-refractivity contribution in [3.63, 3.8) is 0 Å². The van der Waals surface area contributed by atoms with Gasteiger partial charge in [-0.15, -0.1) is 0 Å². The topological polar surface area (TPSA) is 126 Å². The predicted octanol–water partition coefficient (Wildman–Crippen LogP) is -0.192. The van der Waals surface area contributed by atoms with Crippen LogP contribution in [0.25, 0.3) is 0 Å². The summed E-state index contributed by atoms with van der Waals surface area (Å²) in [5, 5.41) is 8.18. The Balaban J connectivity index is 2.49. The number of hydrogen-bond acceptors (Lipinski definition) is 6. The Morgan fingerprint density at radius 1 is 1.27 bits per heavy atom. The van der Waals surface area contributed by atoms with E-state index in [1.54, 1.807) is 20.8 Å². The van der Waals surface area contributed by atoms with E-state index < -0.39 is 29.6 Å². The highest BCUT2D eigenvalue weighted by molar-refractivity contribution is 6.37. The minimum absolute atomic E-state index is 0.0263. The summed E-state index contributed by atoms with van der Waals surface area (Å²) in [5.41, 5.74) is 1.68. The van der Waals surface area contributed by atoms with Crippen LogP contribution >= 0.6 is 0 Å². The molecule has 1 aliphatic rings. The molecule has 0 aliphatic carbocycles. The molecular weight excluding hydrogens is 292 g/mol. The van der Waals surface area contributed by atoms with Gasteiger partial charge in [0.05, 0.1) is 0 Å². The van der Waals surface area contributed by atoms with Crippen LogP contribution in [0.5, 0.6) is 0 Å². The Kier molecular flexibility index (Phi) is 5.61. The molecule has 1 rings (SSSR count). The van der Waals surface area contributed by atoms with Crippen LogP contribution in [-0.4, -0.2) is 41.2 Å². The Labute approximate surface area is 127 Å². The largest absolute Gasteiger partial charge is 0.448 e. The third kappa shape index (κ3) is 5.90. The zero-order valence-corrected chi connectivity index (χ0v) is 13.0. The van der Waals surface area contributed by atoms with Crippen molar-refractivity contribution in [3.8, 4) is 0 Å². The van der Waals surface area contributed by atoms with Gasteiger partial charge >= 0.3 is 12.0 Å². The number of nitrogens with one attached hydrogen (secondary N) is 3. The molecule has 3 N–H and O–H groups in total. The van der Waals surface area contributed by atoms with Gasteiger partial charge in [0.1, 0.15) is 5.71 Å². The Bertz CT molecular complexity index is 521. The van der Waals surface area contributed by atoms with Crippen LogP contribution in [0.2, 0.25) is 0 Å². The second-order valence-corrected chi connectivity index (χ2v) is 5.83. The van der Waals surface area contributed by atoms with Gasteiger partial charge in [-0.1, -0.05) is 0 Å². The number of imide groups is 1. The summed E-state index contributed by atoms with van der Waals surface area (Å²) in [4.78, 5) is 46.0. The van der Waals surface area contributed by atoms with Crippen molar-refractivity contribution in [2.24, 2.45) is 5.10 Å². The number of ether oxygens (including phenoxy) is 1. The molecule has 9 heteroatoms. The Hall–Kier alpha value is -2.45.